The Kier molecular flexibility index (Phi) is 5.45. The lowest BCUT2D eigenvalue weighted by Gasteiger charge is -2.29. The minimum Gasteiger partial charge on any atom is -0.382 e. The van der Waals surface area contributed by atoms with Crippen molar-refractivity contribution in [3.8, 4) is 11.3 Å². The Labute approximate surface area is 172 Å². The van der Waals surface area contributed by atoms with Crippen LogP contribution in [0, 0.1) is 5.82 Å². The van der Waals surface area contributed by atoms with E-state index in [1.54, 1.807) is 6.07 Å². The summed E-state index contributed by atoms with van der Waals surface area (Å²) >= 11 is 0. The van der Waals surface area contributed by atoms with E-state index in [0.717, 1.165) is 42.5 Å². The van der Waals surface area contributed by atoms with Gasteiger partial charge in [-0.05, 0) is 66.5 Å². The SMILES string of the molecule is Nc1cnc(-c2ccc(C3CCC3)c(CCc3ccc(C(F)(F)F)cc3)c2F)cn1. The van der Waals surface area contributed by atoms with Gasteiger partial charge in [-0.1, -0.05) is 24.6 Å². The first-order valence-electron chi connectivity index (χ1n) is 9.88. The van der Waals surface area contributed by atoms with E-state index in [0.29, 0.717) is 35.6 Å². The minimum atomic E-state index is -4.36. The van der Waals surface area contributed by atoms with Crippen LogP contribution in [-0.4, -0.2) is 9.97 Å². The molecule has 0 radical (unpaired) electrons. The van der Waals surface area contributed by atoms with Crippen molar-refractivity contribution < 1.29 is 17.6 Å². The highest BCUT2D eigenvalue weighted by Crippen LogP contribution is 2.40. The van der Waals surface area contributed by atoms with E-state index in [9.17, 15) is 13.2 Å². The largest absolute Gasteiger partial charge is 0.416 e. The monoisotopic (exact) mass is 415 g/mol. The van der Waals surface area contributed by atoms with Crippen LogP contribution in [0.4, 0.5) is 23.4 Å². The molecule has 1 aliphatic rings. The van der Waals surface area contributed by atoms with Gasteiger partial charge < -0.3 is 5.73 Å². The molecule has 7 heteroatoms. The molecule has 0 unspecified atom stereocenters. The fourth-order valence-electron chi connectivity index (χ4n) is 3.80. The van der Waals surface area contributed by atoms with Gasteiger partial charge in [-0.2, -0.15) is 13.2 Å². The highest BCUT2D eigenvalue weighted by atomic mass is 19.4. The van der Waals surface area contributed by atoms with Gasteiger partial charge in [0.1, 0.15) is 11.6 Å². The zero-order valence-electron chi connectivity index (χ0n) is 16.2. The molecule has 3 aromatic rings. The number of alkyl halides is 3. The van der Waals surface area contributed by atoms with Crippen molar-refractivity contribution >= 4 is 5.82 Å². The van der Waals surface area contributed by atoms with Crippen LogP contribution in [0.15, 0.2) is 48.8 Å². The normalized spacial score (nSPS) is 14.5. The lowest BCUT2D eigenvalue weighted by molar-refractivity contribution is -0.137. The van der Waals surface area contributed by atoms with Gasteiger partial charge in [0.05, 0.1) is 23.7 Å². The highest BCUT2D eigenvalue weighted by molar-refractivity contribution is 5.62. The fraction of sp³-hybridized carbons (Fsp3) is 0.304. The summed E-state index contributed by atoms with van der Waals surface area (Å²) in [4.78, 5) is 8.17. The molecule has 2 N–H and O–H groups in total. The second-order valence-electron chi connectivity index (χ2n) is 7.64. The van der Waals surface area contributed by atoms with Gasteiger partial charge in [0.2, 0.25) is 0 Å². The maximum Gasteiger partial charge on any atom is 0.416 e. The first-order valence-corrected chi connectivity index (χ1v) is 9.88. The van der Waals surface area contributed by atoms with Gasteiger partial charge in [-0.25, -0.2) is 9.37 Å². The summed E-state index contributed by atoms with van der Waals surface area (Å²) in [6.07, 6.45) is 2.48. The van der Waals surface area contributed by atoms with Crippen LogP contribution in [0.5, 0.6) is 0 Å². The molecular weight excluding hydrogens is 394 g/mol. The number of benzene rings is 2. The van der Waals surface area contributed by atoms with E-state index in [2.05, 4.69) is 9.97 Å². The second-order valence-corrected chi connectivity index (χ2v) is 7.64. The van der Waals surface area contributed by atoms with Crippen molar-refractivity contribution in [2.75, 3.05) is 5.73 Å². The number of halogens is 4. The topological polar surface area (TPSA) is 51.8 Å². The molecule has 1 aromatic heterocycles. The fourth-order valence-corrected chi connectivity index (χ4v) is 3.80. The Morgan fingerprint density at radius 2 is 1.67 bits per heavy atom. The first-order chi connectivity index (χ1) is 14.3. The molecule has 1 saturated carbocycles. The van der Waals surface area contributed by atoms with Crippen LogP contribution in [0.1, 0.15) is 47.4 Å². The zero-order valence-corrected chi connectivity index (χ0v) is 16.2. The molecule has 1 heterocycles. The predicted molar refractivity (Wildman–Crippen MR) is 107 cm³/mol. The Morgan fingerprint density at radius 1 is 0.933 bits per heavy atom. The number of anilines is 1. The van der Waals surface area contributed by atoms with E-state index in [1.165, 1.54) is 24.5 Å². The summed E-state index contributed by atoms with van der Waals surface area (Å²) in [6.45, 7) is 0. The molecule has 0 aliphatic heterocycles. The summed E-state index contributed by atoms with van der Waals surface area (Å²) in [7, 11) is 0. The van der Waals surface area contributed by atoms with Gasteiger partial charge in [-0.15, -0.1) is 0 Å². The molecule has 4 rings (SSSR count). The average Bonchev–Trinajstić information content (AvgIpc) is 2.67. The molecule has 0 bridgehead atoms. The molecule has 2 aromatic carbocycles. The third-order valence-corrected chi connectivity index (χ3v) is 5.72. The standard InChI is InChI=1S/C23H21F4N3/c24-22-18(9-6-14-4-7-16(8-5-14)23(25,26)27)17(15-2-1-3-15)10-11-19(22)20-12-30-21(28)13-29-20/h4-5,7-8,10-13,15H,1-3,6,9H2,(H2,28,30). The number of hydrogen-bond acceptors (Lipinski definition) is 3. The lowest BCUT2D eigenvalue weighted by Crippen LogP contribution is -2.14. The maximum atomic E-state index is 15.5. The number of nitrogens with zero attached hydrogens (tertiary/aromatic N) is 2. The lowest BCUT2D eigenvalue weighted by atomic mass is 9.77. The van der Waals surface area contributed by atoms with E-state index in [-0.39, 0.29) is 11.6 Å². The molecular formula is C23H21F4N3. The molecule has 0 saturated heterocycles. The first kappa shape index (κ1) is 20.3. The van der Waals surface area contributed by atoms with Crippen LogP contribution >= 0.6 is 0 Å². The smallest absolute Gasteiger partial charge is 0.382 e. The number of aromatic nitrogens is 2. The molecule has 0 atom stereocenters. The van der Waals surface area contributed by atoms with E-state index < -0.39 is 11.7 Å². The van der Waals surface area contributed by atoms with E-state index in [1.807, 2.05) is 6.07 Å². The Hall–Kier alpha value is -2.96. The van der Waals surface area contributed by atoms with Gasteiger partial charge in [0.25, 0.3) is 0 Å². The van der Waals surface area contributed by atoms with Gasteiger partial charge in [0, 0.05) is 5.56 Å². The van der Waals surface area contributed by atoms with Crippen molar-refractivity contribution in [2.45, 2.75) is 44.2 Å². The Bertz CT molecular complexity index is 1020. The van der Waals surface area contributed by atoms with Crippen molar-refractivity contribution in [2.24, 2.45) is 0 Å². The van der Waals surface area contributed by atoms with Crippen LogP contribution in [0.3, 0.4) is 0 Å². The molecule has 0 spiro atoms. The predicted octanol–water partition coefficient (Wildman–Crippen LogP) is 5.94. The number of aryl methyl sites for hydroxylation is 1. The summed E-state index contributed by atoms with van der Waals surface area (Å²) in [6, 6.07) is 8.73. The average molecular weight is 415 g/mol. The molecule has 0 amide bonds. The number of nitrogen functional groups attached to an aromatic ring is 1. The van der Waals surface area contributed by atoms with Crippen molar-refractivity contribution in [3.05, 3.63) is 76.9 Å². The van der Waals surface area contributed by atoms with Crippen LogP contribution in [0.25, 0.3) is 11.3 Å². The Balaban J connectivity index is 1.63. The third-order valence-electron chi connectivity index (χ3n) is 5.72. The van der Waals surface area contributed by atoms with E-state index in [4.69, 9.17) is 5.73 Å². The quantitative estimate of drug-likeness (QED) is 0.525. The van der Waals surface area contributed by atoms with Gasteiger partial charge >= 0.3 is 6.18 Å². The minimum absolute atomic E-state index is 0.257. The molecule has 30 heavy (non-hydrogen) atoms. The summed E-state index contributed by atoms with van der Waals surface area (Å²) in [5.74, 6) is 0.242. The zero-order chi connectivity index (χ0) is 21.3. The molecule has 156 valence electrons. The van der Waals surface area contributed by atoms with Gasteiger partial charge in [0.15, 0.2) is 0 Å². The molecule has 1 fully saturated rings. The van der Waals surface area contributed by atoms with Crippen LogP contribution < -0.4 is 5.73 Å². The van der Waals surface area contributed by atoms with Crippen LogP contribution in [-0.2, 0) is 19.0 Å². The number of hydrogen-bond donors (Lipinski definition) is 1. The van der Waals surface area contributed by atoms with E-state index >= 15 is 4.39 Å². The highest BCUT2D eigenvalue weighted by Gasteiger charge is 2.30. The van der Waals surface area contributed by atoms with Crippen LogP contribution in [0.2, 0.25) is 0 Å². The summed E-state index contributed by atoms with van der Waals surface area (Å²) < 4.78 is 53.8. The molecule has 3 nitrogen and oxygen atoms in total. The number of rotatable bonds is 5. The second kappa shape index (κ2) is 8.05. The summed E-state index contributed by atoms with van der Waals surface area (Å²) in [5.41, 5.74) is 7.97. The number of nitrogens with two attached hydrogens (primary N) is 1. The Morgan fingerprint density at radius 3 is 2.23 bits per heavy atom. The maximum absolute atomic E-state index is 15.5. The molecule has 1 aliphatic carbocycles. The van der Waals surface area contributed by atoms with Crippen molar-refractivity contribution in [1.29, 1.82) is 0 Å². The summed E-state index contributed by atoms with van der Waals surface area (Å²) in [5, 5.41) is 0. The van der Waals surface area contributed by atoms with Crippen molar-refractivity contribution in [3.63, 3.8) is 0 Å². The van der Waals surface area contributed by atoms with Gasteiger partial charge in [-0.3, -0.25) is 4.98 Å². The third kappa shape index (κ3) is 4.15. The van der Waals surface area contributed by atoms with Crippen molar-refractivity contribution in [1.82, 2.24) is 9.97 Å².